The highest BCUT2D eigenvalue weighted by Crippen LogP contribution is 2.35. The minimum absolute atomic E-state index is 0.00604. The number of thioether (sulfide) groups is 1. The molecule has 1 aliphatic heterocycles. The fraction of sp³-hybridized carbons (Fsp3) is 0.125. The number of ether oxygens (including phenoxy) is 1. The van der Waals surface area contributed by atoms with Crippen molar-refractivity contribution < 1.29 is 22.7 Å². The van der Waals surface area contributed by atoms with Gasteiger partial charge in [-0.1, -0.05) is 52.0 Å². The first-order chi connectivity index (χ1) is 16.8. The van der Waals surface area contributed by atoms with Crippen LogP contribution in [0.4, 0.5) is 11.4 Å². The third kappa shape index (κ3) is 5.92. The lowest BCUT2D eigenvalue weighted by Crippen LogP contribution is -2.33. The molecule has 180 valence electrons. The Labute approximate surface area is 215 Å². The molecule has 1 N–H and O–H groups in total. The molecule has 0 radical (unpaired) electrons. The summed E-state index contributed by atoms with van der Waals surface area (Å²) < 4.78 is 35.8. The normalized spacial score (nSPS) is 17.0. The number of carbonyl (C=O) groups excluding carboxylic acids is 2. The number of methoxy groups -OCH3 is 1. The molecule has 0 bridgehead atoms. The quantitative estimate of drug-likeness (QED) is 0.440. The first kappa shape index (κ1) is 25.0. The van der Waals surface area contributed by atoms with Gasteiger partial charge in [-0.2, -0.15) is 8.42 Å². The Morgan fingerprint density at radius 1 is 1.09 bits per heavy atom. The second-order valence-corrected chi connectivity index (χ2v) is 11.1. The van der Waals surface area contributed by atoms with E-state index in [0.29, 0.717) is 17.1 Å². The molecule has 0 spiro atoms. The van der Waals surface area contributed by atoms with Crippen LogP contribution in [-0.2, 0) is 19.6 Å². The van der Waals surface area contributed by atoms with Crippen molar-refractivity contribution in [1.29, 1.82) is 0 Å². The second kappa shape index (κ2) is 10.6. The molecule has 1 heterocycles. The van der Waals surface area contributed by atoms with Gasteiger partial charge in [0.05, 0.1) is 17.7 Å². The number of halogens is 1. The van der Waals surface area contributed by atoms with Gasteiger partial charge in [0.25, 0.3) is 10.0 Å². The number of nitrogens with zero attached hydrogens (tertiary/aromatic N) is 2. The van der Waals surface area contributed by atoms with Crippen molar-refractivity contribution in [3.8, 4) is 5.75 Å². The number of anilines is 2. The first-order valence-corrected chi connectivity index (χ1v) is 13.5. The van der Waals surface area contributed by atoms with Crippen LogP contribution in [0.25, 0.3) is 0 Å². The van der Waals surface area contributed by atoms with Crippen molar-refractivity contribution in [3.63, 3.8) is 0 Å². The Bertz CT molecular complexity index is 1380. The average molecular weight is 574 g/mol. The molecule has 8 nitrogen and oxygen atoms in total. The molecule has 4 rings (SSSR count). The van der Waals surface area contributed by atoms with Gasteiger partial charge in [-0.25, -0.2) is 0 Å². The maximum Gasteiger partial charge on any atom is 0.284 e. The highest BCUT2D eigenvalue weighted by molar-refractivity contribution is 9.10. The standard InChI is InChI=1S/C24H20BrN3O5S2/c1-33-19-9-5-6-17(14-19)26-22(29)15-21-23(30)28(18-7-3-2-4-8-18)24(34-21)27-35(31,32)20-12-10-16(25)11-13-20/h2-14,21H,15H2,1H3,(H,26,29)/t21-/m0/s1. The van der Waals surface area contributed by atoms with Crippen molar-refractivity contribution >= 4 is 66.1 Å². The SMILES string of the molecule is COc1cccc(NC(=O)C[C@@H]2SC(=NS(=O)(=O)c3ccc(Br)cc3)N(c3ccccc3)C2=O)c1. The molecule has 35 heavy (non-hydrogen) atoms. The number of carbonyl (C=O) groups is 2. The van der Waals surface area contributed by atoms with Crippen LogP contribution in [0.1, 0.15) is 6.42 Å². The summed E-state index contributed by atoms with van der Waals surface area (Å²) in [5.74, 6) is -0.238. The van der Waals surface area contributed by atoms with Crippen molar-refractivity contribution in [2.75, 3.05) is 17.3 Å². The third-order valence-corrected chi connectivity index (χ3v) is 8.05. The fourth-order valence-electron chi connectivity index (χ4n) is 3.32. The molecule has 0 saturated carbocycles. The van der Waals surface area contributed by atoms with Crippen LogP contribution >= 0.6 is 27.7 Å². The second-order valence-electron chi connectivity index (χ2n) is 7.40. The van der Waals surface area contributed by atoms with E-state index in [1.807, 2.05) is 0 Å². The third-order valence-electron chi connectivity index (χ3n) is 4.98. The van der Waals surface area contributed by atoms with Gasteiger partial charge in [0.1, 0.15) is 11.0 Å². The Morgan fingerprint density at radius 3 is 2.49 bits per heavy atom. The summed E-state index contributed by atoms with van der Waals surface area (Å²) in [5, 5.41) is 1.89. The molecule has 1 saturated heterocycles. The summed E-state index contributed by atoms with van der Waals surface area (Å²) in [5.41, 5.74) is 0.988. The Morgan fingerprint density at radius 2 is 1.80 bits per heavy atom. The van der Waals surface area contributed by atoms with E-state index in [-0.39, 0.29) is 16.5 Å². The van der Waals surface area contributed by atoms with Crippen LogP contribution in [0.15, 0.2) is 92.6 Å². The van der Waals surface area contributed by atoms with Gasteiger partial charge < -0.3 is 10.1 Å². The van der Waals surface area contributed by atoms with E-state index < -0.39 is 27.1 Å². The summed E-state index contributed by atoms with van der Waals surface area (Å²) in [6, 6.07) is 21.5. The topological polar surface area (TPSA) is 105 Å². The van der Waals surface area contributed by atoms with Crippen molar-refractivity contribution in [1.82, 2.24) is 0 Å². The Balaban J connectivity index is 1.61. The van der Waals surface area contributed by atoms with Gasteiger partial charge in [0.2, 0.25) is 11.8 Å². The number of hydrogen-bond acceptors (Lipinski definition) is 6. The van der Waals surface area contributed by atoms with E-state index in [9.17, 15) is 18.0 Å². The summed E-state index contributed by atoms with van der Waals surface area (Å²) in [6.07, 6.45) is -0.165. The van der Waals surface area contributed by atoms with Gasteiger partial charge in [0.15, 0.2) is 5.17 Å². The predicted molar refractivity (Wildman–Crippen MR) is 140 cm³/mol. The molecule has 2 amide bonds. The number of para-hydroxylation sites is 1. The van der Waals surface area contributed by atoms with Crippen molar-refractivity contribution in [2.24, 2.45) is 4.40 Å². The predicted octanol–water partition coefficient (Wildman–Crippen LogP) is 4.68. The summed E-state index contributed by atoms with van der Waals surface area (Å²) in [4.78, 5) is 27.2. The van der Waals surface area contributed by atoms with Gasteiger partial charge in [-0.15, -0.1) is 4.40 Å². The lowest BCUT2D eigenvalue weighted by Gasteiger charge is -2.16. The molecule has 1 atom stereocenters. The molecule has 1 aliphatic rings. The minimum Gasteiger partial charge on any atom is -0.497 e. The number of benzene rings is 3. The van der Waals surface area contributed by atoms with Gasteiger partial charge in [-0.05, 0) is 48.5 Å². The van der Waals surface area contributed by atoms with E-state index in [0.717, 1.165) is 16.2 Å². The summed E-state index contributed by atoms with van der Waals surface area (Å²) in [7, 11) is -2.57. The van der Waals surface area contributed by atoms with Crippen LogP contribution in [0.5, 0.6) is 5.75 Å². The molecule has 1 fully saturated rings. The van der Waals surface area contributed by atoms with Crippen LogP contribution in [0, 0.1) is 0 Å². The van der Waals surface area contributed by atoms with Crippen molar-refractivity contribution in [3.05, 3.63) is 83.3 Å². The number of hydrogen-bond donors (Lipinski definition) is 1. The van der Waals surface area contributed by atoms with E-state index >= 15 is 0 Å². The van der Waals surface area contributed by atoms with Crippen LogP contribution in [0.2, 0.25) is 0 Å². The van der Waals surface area contributed by atoms with Crippen molar-refractivity contribution in [2.45, 2.75) is 16.6 Å². The minimum atomic E-state index is -4.09. The van der Waals surface area contributed by atoms with E-state index in [2.05, 4.69) is 25.6 Å². The molecular formula is C24H20BrN3O5S2. The molecule has 0 aromatic heterocycles. The number of nitrogens with one attached hydrogen (secondary N) is 1. The molecule has 3 aromatic rings. The molecule has 0 unspecified atom stereocenters. The highest BCUT2D eigenvalue weighted by Gasteiger charge is 2.41. The number of rotatable bonds is 7. The summed E-state index contributed by atoms with van der Waals surface area (Å²) in [6.45, 7) is 0. The zero-order chi connectivity index (χ0) is 25.0. The lowest BCUT2D eigenvalue weighted by molar-refractivity contribution is -0.121. The molecule has 11 heteroatoms. The highest BCUT2D eigenvalue weighted by atomic mass is 79.9. The maximum absolute atomic E-state index is 13.3. The average Bonchev–Trinajstić information content (AvgIpc) is 3.13. The van der Waals surface area contributed by atoms with Gasteiger partial charge in [-0.3, -0.25) is 14.5 Å². The molecule has 3 aromatic carbocycles. The number of amides is 2. The lowest BCUT2D eigenvalue weighted by atomic mass is 10.2. The molecular weight excluding hydrogens is 554 g/mol. The number of amidine groups is 1. The zero-order valence-electron chi connectivity index (χ0n) is 18.4. The monoisotopic (exact) mass is 573 g/mol. The smallest absolute Gasteiger partial charge is 0.284 e. The van der Waals surface area contributed by atoms with E-state index in [1.54, 1.807) is 66.7 Å². The van der Waals surface area contributed by atoms with Crippen LogP contribution < -0.4 is 15.0 Å². The fourth-order valence-corrected chi connectivity index (χ4v) is 5.92. The van der Waals surface area contributed by atoms with E-state index in [4.69, 9.17) is 4.74 Å². The van der Waals surface area contributed by atoms with Gasteiger partial charge in [0, 0.05) is 22.6 Å². The Hall–Kier alpha value is -3.15. The van der Waals surface area contributed by atoms with Crippen LogP contribution in [0.3, 0.4) is 0 Å². The van der Waals surface area contributed by atoms with E-state index in [1.165, 1.54) is 24.1 Å². The largest absolute Gasteiger partial charge is 0.497 e. The molecule has 0 aliphatic carbocycles. The zero-order valence-corrected chi connectivity index (χ0v) is 21.6. The van der Waals surface area contributed by atoms with Gasteiger partial charge >= 0.3 is 0 Å². The Kier molecular flexibility index (Phi) is 7.58. The number of sulfonamides is 1. The maximum atomic E-state index is 13.3. The van der Waals surface area contributed by atoms with Crippen LogP contribution in [-0.4, -0.2) is 37.8 Å². The summed E-state index contributed by atoms with van der Waals surface area (Å²) >= 11 is 4.22. The first-order valence-electron chi connectivity index (χ1n) is 10.4.